The fourth-order valence-electron chi connectivity index (χ4n) is 2.16. The van der Waals surface area contributed by atoms with Gasteiger partial charge in [-0.25, -0.2) is 9.98 Å². The van der Waals surface area contributed by atoms with E-state index in [2.05, 4.69) is 20.6 Å². The van der Waals surface area contributed by atoms with Gasteiger partial charge in [0.2, 0.25) is 5.88 Å². The molecule has 7 nitrogen and oxygen atoms in total. The first-order chi connectivity index (χ1) is 11.6. The van der Waals surface area contributed by atoms with Gasteiger partial charge in [-0.3, -0.25) is 0 Å². The average molecular weight is 460 g/mol. The Morgan fingerprint density at radius 1 is 1.36 bits per heavy atom. The number of hydrogen-bond acceptors (Lipinski definition) is 5. The number of aliphatic imine (C=N–C) groups is 1. The van der Waals surface area contributed by atoms with Crippen LogP contribution in [-0.2, 0) is 12.1 Å². The molecule has 2 heterocycles. The zero-order valence-electron chi connectivity index (χ0n) is 14.7. The number of aliphatic hydroxyl groups is 1. The van der Waals surface area contributed by atoms with Crippen LogP contribution in [0.25, 0.3) is 0 Å². The standard InChI is InChI=1S/C17H24N4O3.HI/c1-4-18-16(20-11-13-7-5-9-19-15(13)23-3)21-12-17(2,22)14-8-6-10-24-14;/h5-10,22H,4,11-12H2,1-3H3,(H2,18,20,21);1H. The molecule has 1 unspecified atom stereocenters. The Kier molecular flexibility index (Phi) is 8.70. The lowest BCUT2D eigenvalue weighted by molar-refractivity contribution is 0.0386. The predicted molar refractivity (Wildman–Crippen MR) is 107 cm³/mol. The van der Waals surface area contributed by atoms with Crippen molar-refractivity contribution < 1.29 is 14.3 Å². The van der Waals surface area contributed by atoms with Crippen LogP contribution >= 0.6 is 24.0 Å². The fourth-order valence-corrected chi connectivity index (χ4v) is 2.16. The fraction of sp³-hybridized carbons (Fsp3) is 0.412. The second-order valence-corrected chi connectivity index (χ2v) is 5.47. The summed E-state index contributed by atoms with van der Waals surface area (Å²) in [5.41, 5.74) is -0.249. The van der Waals surface area contributed by atoms with Gasteiger partial charge in [0.15, 0.2) is 5.96 Å². The SMILES string of the molecule is CCNC(=NCc1cccnc1OC)NCC(C)(O)c1ccco1.I. The molecule has 0 saturated heterocycles. The molecule has 2 aromatic rings. The summed E-state index contributed by atoms with van der Waals surface area (Å²) in [6.07, 6.45) is 3.22. The third-order valence-electron chi connectivity index (χ3n) is 3.45. The zero-order chi connectivity index (χ0) is 17.4. The van der Waals surface area contributed by atoms with E-state index in [4.69, 9.17) is 9.15 Å². The van der Waals surface area contributed by atoms with Crippen molar-refractivity contribution in [3.05, 3.63) is 48.0 Å². The van der Waals surface area contributed by atoms with Gasteiger partial charge in [-0.1, -0.05) is 6.07 Å². The van der Waals surface area contributed by atoms with Crippen LogP contribution in [0.1, 0.15) is 25.2 Å². The van der Waals surface area contributed by atoms with Crippen molar-refractivity contribution in [2.75, 3.05) is 20.2 Å². The lowest BCUT2D eigenvalue weighted by atomic mass is 10.0. The van der Waals surface area contributed by atoms with Gasteiger partial charge in [0.1, 0.15) is 11.4 Å². The van der Waals surface area contributed by atoms with Crippen LogP contribution in [0.4, 0.5) is 0 Å². The maximum absolute atomic E-state index is 10.5. The van der Waals surface area contributed by atoms with E-state index >= 15 is 0 Å². The van der Waals surface area contributed by atoms with Gasteiger partial charge in [-0.05, 0) is 32.0 Å². The molecule has 0 amide bonds. The first-order valence-corrected chi connectivity index (χ1v) is 7.83. The van der Waals surface area contributed by atoms with Gasteiger partial charge < -0.3 is 24.9 Å². The highest BCUT2D eigenvalue weighted by atomic mass is 127. The average Bonchev–Trinajstić information content (AvgIpc) is 3.13. The highest BCUT2D eigenvalue weighted by Gasteiger charge is 2.26. The molecule has 25 heavy (non-hydrogen) atoms. The quantitative estimate of drug-likeness (QED) is 0.334. The number of halogens is 1. The predicted octanol–water partition coefficient (Wildman–Crippen LogP) is 2.26. The van der Waals surface area contributed by atoms with E-state index in [-0.39, 0.29) is 30.5 Å². The molecule has 0 saturated carbocycles. The summed E-state index contributed by atoms with van der Waals surface area (Å²) >= 11 is 0. The zero-order valence-corrected chi connectivity index (χ0v) is 17.0. The lowest BCUT2D eigenvalue weighted by Gasteiger charge is -2.22. The third-order valence-corrected chi connectivity index (χ3v) is 3.45. The summed E-state index contributed by atoms with van der Waals surface area (Å²) in [6, 6.07) is 7.25. The van der Waals surface area contributed by atoms with Gasteiger partial charge in [-0.2, -0.15) is 0 Å². The minimum atomic E-state index is -1.13. The number of ether oxygens (including phenoxy) is 1. The van der Waals surface area contributed by atoms with Crippen molar-refractivity contribution in [1.29, 1.82) is 0 Å². The van der Waals surface area contributed by atoms with Crippen LogP contribution in [-0.4, -0.2) is 36.2 Å². The molecule has 0 bridgehead atoms. The van der Waals surface area contributed by atoms with Crippen LogP contribution < -0.4 is 15.4 Å². The Hall–Kier alpha value is -1.81. The molecule has 0 aromatic carbocycles. The van der Waals surface area contributed by atoms with Crippen LogP contribution in [0, 0.1) is 0 Å². The molecule has 0 fully saturated rings. The molecular weight excluding hydrogens is 435 g/mol. The Morgan fingerprint density at radius 2 is 2.16 bits per heavy atom. The van der Waals surface area contributed by atoms with Crippen molar-refractivity contribution in [3.63, 3.8) is 0 Å². The van der Waals surface area contributed by atoms with Gasteiger partial charge >= 0.3 is 0 Å². The smallest absolute Gasteiger partial charge is 0.218 e. The molecule has 8 heteroatoms. The maximum atomic E-state index is 10.5. The van der Waals surface area contributed by atoms with E-state index in [1.54, 1.807) is 32.4 Å². The summed E-state index contributed by atoms with van der Waals surface area (Å²) in [6.45, 7) is 5.05. The molecule has 2 aromatic heterocycles. The second-order valence-electron chi connectivity index (χ2n) is 5.47. The Bertz CT molecular complexity index is 660. The first kappa shape index (κ1) is 21.2. The number of rotatable bonds is 7. The van der Waals surface area contributed by atoms with Crippen LogP contribution in [0.15, 0.2) is 46.1 Å². The number of pyridine rings is 1. The highest BCUT2D eigenvalue weighted by molar-refractivity contribution is 14.0. The summed E-state index contributed by atoms with van der Waals surface area (Å²) < 4.78 is 10.5. The number of guanidine groups is 1. The molecular formula is C17H25IN4O3. The maximum Gasteiger partial charge on any atom is 0.218 e. The lowest BCUT2D eigenvalue weighted by Crippen LogP contribution is -2.44. The first-order valence-electron chi connectivity index (χ1n) is 7.83. The van der Waals surface area contributed by atoms with Crippen molar-refractivity contribution in [2.24, 2.45) is 4.99 Å². The molecule has 2 rings (SSSR count). The number of aromatic nitrogens is 1. The summed E-state index contributed by atoms with van der Waals surface area (Å²) in [5, 5.41) is 16.8. The monoisotopic (exact) mass is 460 g/mol. The summed E-state index contributed by atoms with van der Waals surface area (Å²) in [7, 11) is 1.58. The molecule has 0 spiro atoms. The summed E-state index contributed by atoms with van der Waals surface area (Å²) in [4.78, 5) is 8.66. The molecule has 0 aliphatic heterocycles. The highest BCUT2D eigenvalue weighted by Crippen LogP contribution is 2.19. The minimum absolute atomic E-state index is 0. The van der Waals surface area contributed by atoms with Crippen LogP contribution in [0.5, 0.6) is 5.88 Å². The summed E-state index contributed by atoms with van der Waals surface area (Å²) in [5.74, 6) is 1.65. The number of methoxy groups -OCH3 is 1. The minimum Gasteiger partial charge on any atom is -0.481 e. The topological polar surface area (TPSA) is 91.9 Å². The van der Waals surface area contributed by atoms with Crippen molar-refractivity contribution in [3.8, 4) is 5.88 Å². The number of hydrogen-bond donors (Lipinski definition) is 3. The molecule has 0 radical (unpaired) electrons. The second kappa shape index (κ2) is 10.2. The Balaban J connectivity index is 0.00000312. The largest absolute Gasteiger partial charge is 0.481 e. The molecule has 0 aliphatic rings. The van der Waals surface area contributed by atoms with Crippen LogP contribution in [0.2, 0.25) is 0 Å². The van der Waals surface area contributed by atoms with E-state index in [1.165, 1.54) is 6.26 Å². The number of nitrogens with zero attached hydrogens (tertiary/aromatic N) is 2. The Labute approximate surface area is 164 Å². The van der Waals surface area contributed by atoms with E-state index in [1.807, 2.05) is 19.1 Å². The van der Waals surface area contributed by atoms with E-state index in [9.17, 15) is 5.11 Å². The van der Waals surface area contributed by atoms with E-state index in [0.29, 0.717) is 30.7 Å². The van der Waals surface area contributed by atoms with Gasteiger partial charge in [0.05, 0.1) is 26.5 Å². The molecule has 138 valence electrons. The van der Waals surface area contributed by atoms with E-state index < -0.39 is 5.60 Å². The van der Waals surface area contributed by atoms with Crippen molar-refractivity contribution >= 4 is 29.9 Å². The van der Waals surface area contributed by atoms with Gasteiger partial charge in [-0.15, -0.1) is 24.0 Å². The molecule has 0 aliphatic carbocycles. The van der Waals surface area contributed by atoms with E-state index in [0.717, 1.165) is 5.56 Å². The van der Waals surface area contributed by atoms with Gasteiger partial charge in [0.25, 0.3) is 0 Å². The van der Waals surface area contributed by atoms with Gasteiger partial charge in [0, 0.05) is 18.3 Å². The van der Waals surface area contributed by atoms with Crippen LogP contribution in [0.3, 0.4) is 0 Å². The Morgan fingerprint density at radius 3 is 2.80 bits per heavy atom. The molecule has 1 atom stereocenters. The number of furan rings is 1. The van der Waals surface area contributed by atoms with Crippen molar-refractivity contribution in [1.82, 2.24) is 15.6 Å². The number of nitrogens with one attached hydrogen (secondary N) is 2. The van der Waals surface area contributed by atoms with Crippen molar-refractivity contribution in [2.45, 2.75) is 26.0 Å². The third kappa shape index (κ3) is 6.20. The molecule has 3 N–H and O–H groups in total. The normalized spacial score (nSPS) is 13.5.